The van der Waals surface area contributed by atoms with Crippen LogP contribution in [0.1, 0.15) is 75.7 Å². The number of amides is 1. The molecular formula is C23H27F3N2O4. The van der Waals surface area contributed by atoms with Crippen LogP contribution in [-0.4, -0.2) is 46.2 Å². The fraction of sp³-hybridized carbons (Fsp3) is 0.435. The number of Topliss-reactive ketones (excluding diaryl/α,β-unsaturated/α-hetero) is 1. The molecule has 0 aliphatic rings. The van der Waals surface area contributed by atoms with Crippen molar-refractivity contribution >= 4 is 17.7 Å². The number of carbonyl (C=O) groups excluding carboxylic acids is 3. The molecule has 1 atom stereocenters. The van der Waals surface area contributed by atoms with Crippen molar-refractivity contribution in [2.75, 3.05) is 6.61 Å². The van der Waals surface area contributed by atoms with E-state index in [1.807, 2.05) is 0 Å². The minimum Gasteiger partial charge on any atom is -0.461 e. The van der Waals surface area contributed by atoms with E-state index < -0.39 is 35.7 Å². The molecule has 2 aromatic rings. The van der Waals surface area contributed by atoms with E-state index in [4.69, 9.17) is 4.74 Å². The number of H-pyrrole nitrogens is 1. The lowest BCUT2D eigenvalue weighted by atomic mass is 9.98. The van der Waals surface area contributed by atoms with E-state index in [1.165, 1.54) is 4.90 Å². The highest BCUT2D eigenvalue weighted by atomic mass is 19.4. The summed E-state index contributed by atoms with van der Waals surface area (Å²) < 4.78 is 43.5. The van der Waals surface area contributed by atoms with Gasteiger partial charge < -0.3 is 14.6 Å². The fourth-order valence-electron chi connectivity index (χ4n) is 3.67. The Kier molecular flexibility index (Phi) is 7.54. The highest BCUT2D eigenvalue weighted by molar-refractivity contribution is 6.07. The number of hydrogen-bond donors (Lipinski definition) is 1. The zero-order chi connectivity index (χ0) is 24.4. The maximum Gasteiger partial charge on any atom is 0.416 e. The summed E-state index contributed by atoms with van der Waals surface area (Å²) in [4.78, 5) is 42.8. The summed E-state index contributed by atoms with van der Waals surface area (Å²) in [5.74, 6) is -1.53. The van der Waals surface area contributed by atoms with Gasteiger partial charge in [-0.2, -0.15) is 13.2 Å². The largest absolute Gasteiger partial charge is 0.461 e. The van der Waals surface area contributed by atoms with E-state index in [0.717, 1.165) is 24.3 Å². The van der Waals surface area contributed by atoms with E-state index in [0.29, 0.717) is 11.3 Å². The Morgan fingerprint density at radius 3 is 2.09 bits per heavy atom. The Labute approximate surface area is 184 Å². The molecule has 1 aromatic carbocycles. The number of benzene rings is 1. The van der Waals surface area contributed by atoms with Gasteiger partial charge in [0.1, 0.15) is 5.69 Å². The molecule has 0 radical (unpaired) electrons. The Hall–Kier alpha value is -3.10. The average molecular weight is 452 g/mol. The van der Waals surface area contributed by atoms with Crippen molar-refractivity contribution < 1.29 is 32.3 Å². The SMILES string of the molecule is CCOC(=O)c1[nH]c(C)c(C(=O)C(C)N(C(=O)c2ccc(C(F)(F)F)cc2)C(C)C)c1C. The van der Waals surface area contributed by atoms with Crippen LogP contribution in [0.15, 0.2) is 24.3 Å². The number of alkyl halides is 3. The lowest BCUT2D eigenvalue weighted by molar-refractivity contribution is -0.137. The van der Waals surface area contributed by atoms with Crippen LogP contribution in [-0.2, 0) is 10.9 Å². The number of ketones is 1. The van der Waals surface area contributed by atoms with E-state index in [2.05, 4.69) is 4.98 Å². The zero-order valence-corrected chi connectivity index (χ0v) is 18.9. The number of rotatable bonds is 7. The molecule has 1 unspecified atom stereocenters. The van der Waals surface area contributed by atoms with Crippen LogP contribution in [0.25, 0.3) is 0 Å². The van der Waals surface area contributed by atoms with Crippen LogP contribution in [0.5, 0.6) is 0 Å². The summed E-state index contributed by atoms with van der Waals surface area (Å²) in [5.41, 5.74) is 0.522. The quantitative estimate of drug-likeness (QED) is 0.476. The number of aryl methyl sites for hydroxylation is 1. The molecule has 32 heavy (non-hydrogen) atoms. The second-order valence-corrected chi connectivity index (χ2v) is 7.77. The molecule has 1 N–H and O–H groups in total. The Balaban J connectivity index is 2.38. The molecule has 2 rings (SSSR count). The number of esters is 1. The van der Waals surface area contributed by atoms with Crippen LogP contribution in [0.2, 0.25) is 0 Å². The maximum atomic E-state index is 13.3. The summed E-state index contributed by atoms with van der Waals surface area (Å²) in [6.07, 6.45) is -4.51. The fourth-order valence-corrected chi connectivity index (χ4v) is 3.67. The number of hydrogen-bond acceptors (Lipinski definition) is 4. The highest BCUT2D eigenvalue weighted by Gasteiger charge is 2.34. The Morgan fingerprint density at radius 1 is 1.06 bits per heavy atom. The molecule has 0 aliphatic carbocycles. The summed E-state index contributed by atoms with van der Waals surface area (Å²) in [6.45, 7) is 10.1. The molecule has 0 saturated heterocycles. The zero-order valence-electron chi connectivity index (χ0n) is 18.9. The third kappa shape index (κ3) is 5.03. The van der Waals surface area contributed by atoms with E-state index in [-0.39, 0.29) is 29.2 Å². The van der Waals surface area contributed by atoms with Gasteiger partial charge in [-0.15, -0.1) is 0 Å². The minimum atomic E-state index is -4.51. The van der Waals surface area contributed by atoms with Gasteiger partial charge >= 0.3 is 12.1 Å². The molecule has 0 aliphatic heterocycles. The first kappa shape index (κ1) is 25.2. The third-order valence-corrected chi connectivity index (χ3v) is 5.21. The number of ether oxygens (including phenoxy) is 1. The topological polar surface area (TPSA) is 79.5 Å². The Bertz CT molecular complexity index is 1010. The van der Waals surface area contributed by atoms with Crippen LogP contribution < -0.4 is 0 Å². The van der Waals surface area contributed by atoms with Crippen molar-refractivity contribution in [2.24, 2.45) is 0 Å². The predicted molar refractivity (Wildman–Crippen MR) is 113 cm³/mol. The molecular weight excluding hydrogens is 425 g/mol. The maximum absolute atomic E-state index is 13.3. The smallest absolute Gasteiger partial charge is 0.416 e. The molecule has 174 valence electrons. The third-order valence-electron chi connectivity index (χ3n) is 5.21. The van der Waals surface area contributed by atoms with Crippen molar-refractivity contribution in [3.05, 3.63) is 57.9 Å². The van der Waals surface area contributed by atoms with Gasteiger partial charge in [0.15, 0.2) is 5.78 Å². The van der Waals surface area contributed by atoms with Crippen molar-refractivity contribution in [1.82, 2.24) is 9.88 Å². The summed E-state index contributed by atoms with van der Waals surface area (Å²) >= 11 is 0. The number of nitrogens with zero attached hydrogens (tertiary/aromatic N) is 1. The van der Waals surface area contributed by atoms with Crippen LogP contribution in [0, 0.1) is 13.8 Å². The first-order valence-electron chi connectivity index (χ1n) is 10.2. The number of carbonyl (C=O) groups is 3. The molecule has 0 bridgehead atoms. The molecule has 9 heteroatoms. The molecule has 1 amide bonds. The number of halogens is 3. The number of aromatic nitrogens is 1. The second-order valence-electron chi connectivity index (χ2n) is 7.77. The van der Waals surface area contributed by atoms with Crippen LogP contribution in [0.4, 0.5) is 13.2 Å². The van der Waals surface area contributed by atoms with Crippen molar-refractivity contribution in [3.63, 3.8) is 0 Å². The van der Waals surface area contributed by atoms with Gasteiger partial charge in [-0.05, 0) is 71.4 Å². The van der Waals surface area contributed by atoms with Gasteiger partial charge in [-0.3, -0.25) is 9.59 Å². The van der Waals surface area contributed by atoms with Crippen LogP contribution >= 0.6 is 0 Å². The Morgan fingerprint density at radius 2 is 1.62 bits per heavy atom. The van der Waals surface area contributed by atoms with Crippen molar-refractivity contribution in [2.45, 2.75) is 59.8 Å². The first-order valence-corrected chi connectivity index (χ1v) is 10.2. The van der Waals surface area contributed by atoms with E-state index in [1.54, 1.807) is 41.5 Å². The monoisotopic (exact) mass is 452 g/mol. The summed E-state index contributed by atoms with van der Waals surface area (Å²) in [5, 5.41) is 0. The first-order chi connectivity index (χ1) is 14.8. The molecule has 1 aromatic heterocycles. The minimum absolute atomic E-state index is 0.0427. The van der Waals surface area contributed by atoms with Crippen molar-refractivity contribution in [3.8, 4) is 0 Å². The van der Waals surface area contributed by atoms with E-state index in [9.17, 15) is 27.6 Å². The lowest BCUT2D eigenvalue weighted by Crippen LogP contribution is -2.47. The molecule has 6 nitrogen and oxygen atoms in total. The molecule has 0 fully saturated rings. The molecule has 0 saturated carbocycles. The highest BCUT2D eigenvalue weighted by Crippen LogP contribution is 2.30. The van der Waals surface area contributed by atoms with Gasteiger partial charge in [-0.25, -0.2) is 4.79 Å². The summed E-state index contributed by atoms with van der Waals surface area (Å²) in [6, 6.07) is 2.54. The lowest BCUT2D eigenvalue weighted by Gasteiger charge is -2.32. The number of aromatic amines is 1. The summed E-state index contributed by atoms with van der Waals surface area (Å²) in [7, 11) is 0. The average Bonchev–Trinajstić information content (AvgIpc) is 3.00. The van der Waals surface area contributed by atoms with Gasteiger partial charge in [-0.1, -0.05) is 0 Å². The normalized spacial score (nSPS) is 12.6. The molecule has 1 heterocycles. The van der Waals surface area contributed by atoms with Gasteiger partial charge in [0, 0.05) is 22.9 Å². The van der Waals surface area contributed by atoms with Gasteiger partial charge in [0.25, 0.3) is 5.91 Å². The second kappa shape index (κ2) is 9.58. The van der Waals surface area contributed by atoms with Crippen molar-refractivity contribution in [1.29, 1.82) is 0 Å². The van der Waals surface area contributed by atoms with Gasteiger partial charge in [0.2, 0.25) is 0 Å². The predicted octanol–water partition coefficient (Wildman–Crippen LogP) is 4.95. The standard InChI is InChI=1S/C23H27F3N2O4/c1-7-32-22(31)19-13(4)18(14(5)27-19)20(29)15(6)28(12(2)3)21(30)16-8-10-17(11-9-16)23(24,25)26/h8-12,15,27H,7H2,1-6H3. The van der Waals surface area contributed by atoms with Gasteiger partial charge in [0.05, 0.1) is 18.2 Å². The number of nitrogens with one attached hydrogen (secondary N) is 1. The van der Waals surface area contributed by atoms with E-state index >= 15 is 0 Å². The van der Waals surface area contributed by atoms with Crippen LogP contribution in [0.3, 0.4) is 0 Å². The molecule has 0 spiro atoms.